The summed E-state index contributed by atoms with van der Waals surface area (Å²) in [6, 6.07) is 2.27. The molecule has 1 aromatic rings. The smallest absolute Gasteiger partial charge is 0.235 e. The number of hydrogen-bond donors (Lipinski definition) is 1. The third kappa shape index (κ3) is 3.34. The van der Waals surface area contributed by atoms with Crippen molar-refractivity contribution in [2.24, 2.45) is 5.92 Å². The summed E-state index contributed by atoms with van der Waals surface area (Å²) in [6.45, 7) is 3.57. The number of nitrogens with zero attached hydrogens (tertiary/aromatic N) is 5. The highest BCUT2D eigenvalue weighted by Crippen LogP contribution is 2.39. The van der Waals surface area contributed by atoms with Crippen molar-refractivity contribution in [3.63, 3.8) is 0 Å². The van der Waals surface area contributed by atoms with Crippen LogP contribution in [0.3, 0.4) is 0 Å². The first-order valence-corrected chi connectivity index (χ1v) is 8.37. The van der Waals surface area contributed by atoms with Gasteiger partial charge in [-0.15, -0.1) is 0 Å². The number of rotatable bonds is 5. The third-order valence-corrected chi connectivity index (χ3v) is 4.87. The average molecular weight is 328 g/mol. The van der Waals surface area contributed by atoms with E-state index in [1.165, 1.54) is 0 Å². The molecule has 0 unspecified atom stereocenters. The van der Waals surface area contributed by atoms with Crippen molar-refractivity contribution in [2.45, 2.75) is 38.3 Å². The molecule has 0 aromatic carbocycles. The number of amides is 1. The predicted molar refractivity (Wildman–Crippen MR) is 90.2 cm³/mol. The highest BCUT2D eigenvalue weighted by molar-refractivity contribution is 5.79. The molecule has 1 aliphatic heterocycles. The molecule has 0 radical (unpaired) electrons. The lowest BCUT2D eigenvalue weighted by Gasteiger charge is -2.31. The Morgan fingerprint density at radius 3 is 2.88 bits per heavy atom. The van der Waals surface area contributed by atoms with Crippen LogP contribution in [0.5, 0.6) is 0 Å². The fourth-order valence-electron chi connectivity index (χ4n) is 3.32. The van der Waals surface area contributed by atoms with Crippen molar-refractivity contribution in [3.05, 3.63) is 17.6 Å². The van der Waals surface area contributed by atoms with E-state index in [9.17, 15) is 10.1 Å². The lowest BCUT2D eigenvalue weighted by atomic mass is 9.98. The fraction of sp³-hybridized carbons (Fsp3) is 0.647. The molecule has 1 fully saturated rings. The van der Waals surface area contributed by atoms with Gasteiger partial charge in [-0.25, -0.2) is 9.97 Å². The van der Waals surface area contributed by atoms with Crippen molar-refractivity contribution in [3.8, 4) is 6.07 Å². The topological polar surface area (TPSA) is 85.2 Å². The van der Waals surface area contributed by atoms with Gasteiger partial charge in [-0.3, -0.25) is 9.69 Å². The Morgan fingerprint density at radius 2 is 2.25 bits per heavy atom. The van der Waals surface area contributed by atoms with E-state index < -0.39 is 5.54 Å². The Morgan fingerprint density at radius 1 is 1.50 bits per heavy atom. The molecule has 1 aliphatic carbocycles. The first kappa shape index (κ1) is 16.7. The molecule has 24 heavy (non-hydrogen) atoms. The van der Waals surface area contributed by atoms with Crippen LogP contribution in [-0.2, 0) is 17.8 Å². The molecule has 3 rings (SSSR count). The predicted octanol–water partition coefficient (Wildman–Crippen LogP) is 0.709. The van der Waals surface area contributed by atoms with Gasteiger partial charge in [0, 0.05) is 39.2 Å². The van der Waals surface area contributed by atoms with Gasteiger partial charge in [0.1, 0.15) is 17.7 Å². The van der Waals surface area contributed by atoms with Gasteiger partial charge in [-0.05, 0) is 25.7 Å². The van der Waals surface area contributed by atoms with Crippen molar-refractivity contribution < 1.29 is 4.79 Å². The van der Waals surface area contributed by atoms with Gasteiger partial charge >= 0.3 is 0 Å². The highest BCUT2D eigenvalue weighted by atomic mass is 16.2. The molecular formula is C17H24N6O. The molecule has 2 heterocycles. The zero-order chi connectivity index (χ0) is 17.3. The maximum absolute atomic E-state index is 12.4. The molecule has 1 amide bonds. The van der Waals surface area contributed by atoms with Crippen LogP contribution in [0, 0.1) is 17.2 Å². The number of fused-ring (bicyclic) bond motifs is 1. The van der Waals surface area contributed by atoms with Crippen LogP contribution < -0.4 is 10.2 Å². The molecule has 1 N–H and O–H groups in total. The van der Waals surface area contributed by atoms with E-state index in [-0.39, 0.29) is 5.91 Å². The second kappa shape index (κ2) is 6.36. The van der Waals surface area contributed by atoms with Crippen molar-refractivity contribution in [2.75, 3.05) is 32.1 Å². The van der Waals surface area contributed by atoms with E-state index in [2.05, 4.69) is 26.3 Å². The fourth-order valence-corrected chi connectivity index (χ4v) is 3.32. The van der Waals surface area contributed by atoms with Crippen LogP contribution in [0.1, 0.15) is 31.0 Å². The minimum atomic E-state index is -0.733. The summed E-state index contributed by atoms with van der Waals surface area (Å²) in [5.74, 6) is 1.12. The maximum atomic E-state index is 12.4. The molecule has 0 bridgehead atoms. The summed E-state index contributed by atoms with van der Waals surface area (Å²) in [5.41, 5.74) is 1.42. The van der Waals surface area contributed by atoms with Gasteiger partial charge in [0.2, 0.25) is 5.91 Å². The van der Waals surface area contributed by atoms with Gasteiger partial charge in [0.15, 0.2) is 0 Å². The summed E-state index contributed by atoms with van der Waals surface area (Å²) in [4.78, 5) is 25.2. The molecule has 128 valence electrons. The molecule has 2 aliphatic rings. The molecule has 7 nitrogen and oxygen atoms in total. The maximum Gasteiger partial charge on any atom is 0.235 e. The van der Waals surface area contributed by atoms with Gasteiger partial charge in [0.25, 0.3) is 0 Å². The Hall–Kier alpha value is -2.20. The summed E-state index contributed by atoms with van der Waals surface area (Å²) in [7, 11) is 3.92. The number of nitrogens with one attached hydrogen (secondary N) is 1. The molecule has 1 atom stereocenters. The SMILES string of the molecule is CN(C)c1ncnc2c1CN(CC(=O)N[C@@](C)(C#N)C1CC1)CC2. The Kier molecular flexibility index (Phi) is 4.41. The number of aromatic nitrogens is 2. The third-order valence-electron chi connectivity index (χ3n) is 4.87. The normalized spacial score (nSPS) is 19.8. The lowest BCUT2D eigenvalue weighted by Crippen LogP contribution is -2.50. The summed E-state index contributed by atoms with van der Waals surface area (Å²) in [6.07, 6.45) is 4.45. The largest absolute Gasteiger partial charge is 0.362 e. The van der Waals surface area contributed by atoms with Crippen LogP contribution >= 0.6 is 0 Å². The summed E-state index contributed by atoms with van der Waals surface area (Å²) in [5, 5.41) is 12.3. The summed E-state index contributed by atoms with van der Waals surface area (Å²) < 4.78 is 0. The van der Waals surface area contributed by atoms with Gasteiger partial charge in [0.05, 0.1) is 18.3 Å². The molecule has 0 saturated heterocycles. The lowest BCUT2D eigenvalue weighted by molar-refractivity contribution is -0.123. The molecular weight excluding hydrogens is 304 g/mol. The molecule has 7 heteroatoms. The van der Waals surface area contributed by atoms with Crippen LogP contribution in [0.15, 0.2) is 6.33 Å². The summed E-state index contributed by atoms with van der Waals surface area (Å²) >= 11 is 0. The second-order valence-electron chi connectivity index (χ2n) is 7.11. The van der Waals surface area contributed by atoms with Crippen molar-refractivity contribution >= 4 is 11.7 Å². The van der Waals surface area contributed by atoms with Crippen LogP contribution in [0.25, 0.3) is 0 Å². The number of anilines is 1. The van der Waals surface area contributed by atoms with E-state index in [1.54, 1.807) is 6.33 Å². The van der Waals surface area contributed by atoms with E-state index >= 15 is 0 Å². The Labute approximate surface area is 142 Å². The second-order valence-corrected chi connectivity index (χ2v) is 7.11. The number of carbonyl (C=O) groups excluding carboxylic acids is 1. The molecule has 1 saturated carbocycles. The number of hydrogen-bond acceptors (Lipinski definition) is 6. The standard InChI is InChI=1S/C17H24N6O/c1-17(10-18,12-4-5-12)21-15(24)9-23-7-6-14-13(8-23)16(22(2)3)20-11-19-14/h11-12H,4-9H2,1-3H3,(H,21,24)/t17-/m0/s1. The van der Waals surface area contributed by atoms with E-state index in [1.807, 2.05) is 25.9 Å². The monoisotopic (exact) mass is 328 g/mol. The Bertz CT molecular complexity index is 678. The van der Waals surface area contributed by atoms with Crippen molar-refractivity contribution in [1.82, 2.24) is 20.2 Å². The van der Waals surface area contributed by atoms with Gasteiger partial charge in [-0.2, -0.15) is 5.26 Å². The molecule has 0 spiro atoms. The minimum Gasteiger partial charge on any atom is -0.362 e. The van der Waals surface area contributed by atoms with Crippen molar-refractivity contribution in [1.29, 1.82) is 5.26 Å². The zero-order valence-corrected chi connectivity index (χ0v) is 14.5. The van der Waals surface area contributed by atoms with E-state index in [4.69, 9.17) is 0 Å². The quantitative estimate of drug-likeness (QED) is 0.857. The number of carbonyl (C=O) groups is 1. The zero-order valence-electron chi connectivity index (χ0n) is 14.5. The highest BCUT2D eigenvalue weighted by Gasteiger charge is 2.43. The van der Waals surface area contributed by atoms with Crippen LogP contribution in [0.4, 0.5) is 5.82 Å². The molecule has 1 aromatic heterocycles. The Balaban J connectivity index is 1.66. The first-order valence-electron chi connectivity index (χ1n) is 8.37. The number of nitriles is 1. The van der Waals surface area contributed by atoms with E-state index in [0.29, 0.717) is 19.0 Å². The van der Waals surface area contributed by atoms with Crippen LogP contribution in [-0.4, -0.2) is 53.5 Å². The van der Waals surface area contributed by atoms with Gasteiger partial charge < -0.3 is 10.2 Å². The average Bonchev–Trinajstić information content (AvgIpc) is 3.39. The van der Waals surface area contributed by atoms with E-state index in [0.717, 1.165) is 42.9 Å². The minimum absolute atomic E-state index is 0.0855. The van der Waals surface area contributed by atoms with Gasteiger partial charge in [-0.1, -0.05) is 0 Å². The van der Waals surface area contributed by atoms with Crippen LogP contribution in [0.2, 0.25) is 0 Å². The first-order chi connectivity index (χ1) is 11.4.